The van der Waals surface area contributed by atoms with Crippen molar-refractivity contribution in [2.45, 2.75) is 33.2 Å². The van der Waals surface area contributed by atoms with Gasteiger partial charge in [0.25, 0.3) is 11.8 Å². The highest BCUT2D eigenvalue weighted by Crippen LogP contribution is 2.40. The standard InChI is InChI=1S/C31H29N3O3/c1-20-16-27-25(21(2)19-31(3,4)32(27)5)17-22(20)18-26-28(35)33(23-12-8-6-9-13-23)30(37)34(29(26)36)24-14-10-7-11-15-24/h6-19H,1-5H3. The van der Waals surface area contributed by atoms with Crippen LogP contribution >= 0.6 is 0 Å². The molecule has 5 rings (SSSR count). The second kappa shape index (κ2) is 8.89. The Hall–Kier alpha value is -4.45. The van der Waals surface area contributed by atoms with Crippen molar-refractivity contribution in [2.75, 3.05) is 21.7 Å². The number of aryl methyl sites for hydroxylation is 1. The zero-order valence-electron chi connectivity index (χ0n) is 21.6. The molecule has 0 atom stereocenters. The van der Waals surface area contributed by atoms with E-state index in [1.165, 1.54) is 0 Å². The van der Waals surface area contributed by atoms with Crippen LogP contribution in [0.4, 0.5) is 21.9 Å². The molecule has 0 aliphatic carbocycles. The van der Waals surface area contributed by atoms with Crippen LogP contribution in [0.2, 0.25) is 0 Å². The summed E-state index contributed by atoms with van der Waals surface area (Å²) in [4.78, 5) is 45.3. The number of para-hydroxylation sites is 2. The number of rotatable bonds is 3. The van der Waals surface area contributed by atoms with Crippen LogP contribution in [0.5, 0.6) is 0 Å². The van der Waals surface area contributed by atoms with Crippen molar-refractivity contribution in [1.29, 1.82) is 0 Å². The second-order valence-corrected chi connectivity index (χ2v) is 10.1. The Morgan fingerprint density at radius 3 is 1.78 bits per heavy atom. The third-order valence-corrected chi connectivity index (χ3v) is 7.18. The van der Waals surface area contributed by atoms with Crippen molar-refractivity contribution in [1.82, 2.24) is 0 Å². The Kier molecular flexibility index (Phi) is 5.83. The molecule has 186 valence electrons. The van der Waals surface area contributed by atoms with Crippen molar-refractivity contribution in [3.05, 3.63) is 101 Å². The highest BCUT2D eigenvalue weighted by molar-refractivity contribution is 6.46. The monoisotopic (exact) mass is 491 g/mol. The first-order valence-corrected chi connectivity index (χ1v) is 12.2. The number of amides is 4. The van der Waals surface area contributed by atoms with Gasteiger partial charge in [-0.25, -0.2) is 14.6 Å². The lowest BCUT2D eigenvalue weighted by molar-refractivity contribution is -0.121. The lowest BCUT2D eigenvalue weighted by atomic mass is 9.87. The Morgan fingerprint density at radius 1 is 0.757 bits per heavy atom. The number of nitrogens with zero attached hydrogens (tertiary/aromatic N) is 3. The third kappa shape index (κ3) is 4.04. The number of hydrogen-bond acceptors (Lipinski definition) is 4. The molecule has 1 fully saturated rings. The summed E-state index contributed by atoms with van der Waals surface area (Å²) in [6, 6.07) is 20.8. The molecule has 2 aliphatic rings. The van der Waals surface area contributed by atoms with Crippen molar-refractivity contribution >= 4 is 46.6 Å². The van der Waals surface area contributed by atoms with Gasteiger partial charge < -0.3 is 4.90 Å². The molecule has 1 saturated heterocycles. The third-order valence-electron chi connectivity index (χ3n) is 7.18. The summed E-state index contributed by atoms with van der Waals surface area (Å²) in [5.41, 5.74) is 5.57. The van der Waals surface area contributed by atoms with Gasteiger partial charge in [-0.3, -0.25) is 9.59 Å². The lowest BCUT2D eigenvalue weighted by Gasteiger charge is -2.41. The van der Waals surface area contributed by atoms with Gasteiger partial charge >= 0.3 is 6.03 Å². The Morgan fingerprint density at radius 2 is 1.27 bits per heavy atom. The molecule has 6 nitrogen and oxygen atoms in total. The van der Waals surface area contributed by atoms with E-state index in [-0.39, 0.29) is 11.1 Å². The minimum atomic E-state index is -0.700. The number of fused-ring (bicyclic) bond motifs is 1. The van der Waals surface area contributed by atoms with Crippen LogP contribution in [-0.4, -0.2) is 30.4 Å². The highest BCUT2D eigenvalue weighted by atomic mass is 16.2. The Balaban J connectivity index is 1.67. The molecule has 0 N–H and O–H groups in total. The van der Waals surface area contributed by atoms with Crippen molar-refractivity contribution in [3.63, 3.8) is 0 Å². The zero-order chi connectivity index (χ0) is 26.5. The van der Waals surface area contributed by atoms with Gasteiger partial charge in [-0.1, -0.05) is 42.5 Å². The van der Waals surface area contributed by atoms with Crippen LogP contribution in [0.15, 0.2) is 84.4 Å². The average molecular weight is 492 g/mol. The van der Waals surface area contributed by atoms with Crippen molar-refractivity contribution in [2.24, 2.45) is 0 Å². The molecule has 4 amide bonds. The van der Waals surface area contributed by atoms with Gasteiger partial charge in [0, 0.05) is 18.3 Å². The second-order valence-electron chi connectivity index (χ2n) is 10.1. The molecule has 2 heterocycles. The maximum Gasteiger partial charge on any atom is 0.343 e. The van der Waals surface area contributed by atoms with Gasteiger partial charge in [-0.05, 0) is 86.9 Å². The van der Waals surface area contributed by atoms with E-state index in [0.717, 1.165) is 37.8 Å². The van der Waals surface area contributed by atoms with E-state index in [0.29, 0.717) is 11.4 Å². The number of urea groups is 1. The number of carbonyl (C=O) groups excluding carboxylic acids is 3. The maximum absolute atomic E-state index is 13.7. The van der Waals surface area contributed by atoms with E-state index in [1.54, 1.807) is 54.6 Å². The number of hydrogen-bond donors (Lipinski definition) is 0. The number of carbonyl (C=O) groups is 3. The molecule has 3 aromatic carbocycles. The summed E-state index contributed by atoms with van der Waals surface area (Å²) in [5.74, 6) is -1.29. The van der Waals surface area contributed by atoms with Crippen LogP contribution in [0, 0.1) is 6.92 Å². The highest BCUT2D eigenvalue weighted by Gasteiger charge is 2.43. The number of benzene rings is 3. The molecule has 37 heavy (non-hydrogen) atoms. The number of likely N-dealkylation sites (N-methyl/N-ethyl adjacent to an activating group) is 1. The zero-order valence-corrected chi connectivity index (χ0v) is 21.6. The summed E-state index contributed by atoms with van der Waals surface area (Å²) in [5, 5.41) is 0. The van der Waals surface area contributed by atoms with Gasteiger partial charge in [-0.2, -0.15) is 0 Å². The maximum atomic E-state index is 13.7. The fourth-order valence-electron chi connectivity index (χ4n) is 4.97. The predicted molar refractivity (Wildman–Crippen MR) is 149 cm³/mol. The molecule has 0 saturated carbocycles. The van der Waals surface area contributed by atoms with Crippen LogP contribution in [-0.2, 0) is 9.59 Å². The number of barbiturate groups is 1. The first-order valence-electron chi connectivity index (χ1n) is 12.2. The van der Waals surface area contributed by atoms with E-state index in [2.05, 4.69) is 44.9 Å². The molecule has 0 spiro atoms. The number of imide groups is 2. The van der Waals surface area contributed by atoms with E-state index in [4.69, 9.17) is 0 Å². The van der Waals surface area contributed by atoms with E-state index >= 15 is 0 Å². The molecule has 0 aromatic heterocycles. The fraction of sp³-hybridized carbons (Fsp3) is 0.194. The minimum Gasteiger partial charge on any atom is -0.365 e. The van der Waals surface area contributed by atoms with Gasteiger partial charge in [0.1, 0.15) is 5.57 Å². The van der Waals surface area contributed by atoms with Crippen LogP contribution in [0.25, 0.3) is 11.6 Å². The average Bonchev–Trinajstić information content (AvgIpc) is 2.87. The predicted octanol–water partition coefficient (Wildman–Crippen LogP) is 6.21. The molecule has 3 aromatic rings. The molecule has 0 radical (unpaired) electrons. The fourth-order valence-corrected chi connectivity index (χ4v) is 4.97. The Bertz CT molecular complexity index is 1420. The molecule has 2 aliphatic heterocycles. The van der Waals surface area contributed by atoms with Crippen LogP contribution < -0.4 is 14.7 Å². The Labute approximate surface area is 217 Å². The lowest BCUT2D eigenvalue weighted by Crippen LogP contribution is -2.57. The van der Waals surface area contributed by atoms with Crippen LogP contribution in [0.1, 0.15) is 37.5 Å². The summed E-state index contributed by atoms with van der Waals surface area (Å²) in [7, 11) is 2.06. The normalized spacial score (nSPS) is 17.1. The number of allylic oxidation sites excluding steroid dienone is 1. The summed E-state index contributed by atoms with van der Waals surface area (Å²) in [6.45, 7) is 8.37. The van der Waals surface area contributed by atoms with Crippen LogP contribution in [0.3, 0.4) is 0 Å². The minimum absolute atomic E-state index is 0.0681. The largest absolute Gasteiger partial charge is 0.365 e. The first-order chi connectivity index (χ1) is 17.6. The van der Waals surface area contributed by atoms with E-state index < -0.39 is 17.8 Å². The smallest absolute Gasteiger partial charge is 0.343 e. The molecular formula is C31H29N3O3. The van der Waals surface area contributed by atoms with Crippen molar-refractivity contribution in [3.8, 4) is 0 Å². The molecule has 0 unspecified atom stereocenters. The van der Waals surface area contributed by atoms with E-state index in [1.807, 2.05) is 25.1 Å². The summed E-state index contributed by atoms with van der Waals surface area (Å²) in [6.07, 6.45) is 3.83. The summed E-state index contributed by atoms with van der Waals surface area (Å²) >= 11 is 0. The topological polar surface area (TPSA) is 60.9 Å². The molecule has 6 heteroatoms. The first kappa shape index (κ1) is 24.3. The van der Waals surface area contributed by atoms with Crippen molar-refractivity contribution < 1.29 is 14.4 Å². The van der Waals surface area contributed by atoms with Gasteiger partial charge in [-0.15, -0.1) is 0 Å². The van der Waals surface area contributed by atoms with Gasteiger partial charge in [0.05, 0.1) is 16.9 Å². The van der Waals surface area contributed by atoms with Gasteiger partial charge in [0.15, 0.2) is 0 Å². The van der Waals surface area contributed by atoms with E-state index in [9.17, 15) is 14.4 Å². The number of anilines is 3. The quantitative estimate of drug-likeness (QED) is 0.323. The molecule has 0 bridgehead atoms. The SMILES string of the molecule is CC1=CC(C)(C)N(C)c2cc(C)c(C=C3C(=O)N(c4ccccc4)C(=O)N(c4ccccc4)C3=O)cc21. The van der Waals surface area contributed by atoms with Gasteiger partial charge in [0.2, 0.25) is 0 Å². The molecular weight excluding hydrogens is 462 g/mol. The summed E-state index contributed by atoms with van der Waals surface area (Å²) < 4.78 is 0.